The molecule has 3 aromatic rings. The van der Waals surface area contributed by atoms with Crippen molar-refractivity contribution in [3.8, 4) is 0 Å². The minimum Gasteiger partial charge on any atom is -0.346 e. The molecular weight excluding hydrogens is 438 g/mol. The Morgan fingerprint density at radius 1 is 0.909 bits per heavy atom. The Morgan fingerprint density at radius 2 is 1.55 bits per heavy atom. The van der Waals surface area contributed by atoms with E-state index in [-0.39, 0.29) is 22.8 Å². The van der Waals surface area contributed by atoms with Gasteiger partial charge >= 0.3 is 0 Å². The van der Waals surface area contributed by atoms with Crippen molar-refractivity contribution in [1.29, 1.82) is 0 Å². The number of benzene rings is 3. The molecule has 3 rings (SSSR count). The molecular formula is C25H27N3O4S. The molecule has 3 aromatic carbocycles. The molecule has 1 atom stereocenters. The van der Waals surface area contributed by atoms with Crippen molar-refractivity contribution >= 4 is 33.2 Å². The van der Waals surface area contributed by atoms with Crippen LogP contribution in [0.25, 0.3) is 0 Å². The van der Waals surface area contributed by atoms with Gasteiger partial charge in [-0.15, -0.1) is 0 Å². The summed E-state index contributed by atoms with van der Waals surface area (Å²) in [6.45, 7) is 5.45. The summed E-state index contributed by atoms with van der Waals surface area (Å²) < 4.78 is 27.9. The highest BCUT2D eigenvalue weighted by Gasteiger charge is 2.17. The van der Waals surface area contributed by atoms with E-state index in [1.165, 1.54) is 24.3 Å². The van der Waals surface area contributed by atoms with Gasteiger partial charge in [-0.2, -0.15) is 0 Å². The molecule has 2 amide bonds. The lowest BCUT2D eigenvalue weighted by atomic mass is 10.1. The van der Waals surface area contributed by atoms with E-state index in [0.29, 0.717) is 23.4 Å². The maximum absolute atomic E-state index is 12.7. The van der Waals surface area contributed by atoms with E-state index in [0.717, 1.165) is 11.1 Å². The number of rotatable bonds is 8. The number of para-hydroxylation sites is 1. The number of carbonyl (C=O) groups excluding carboxylic acids is 2. The fraction of sp³-hybridized carbons (Fsp3) is 0.200. The number of amides is 2. The second-order valence-electron chi connectivity index (χ2n) is 7.66. The predicted molar refractivity (Wildman–Crippen MR) is 130 cm³/mol. The third kappa shape index (κ3) is 6.20. The molecule has 8 heteroatoms. The molecule has 1 unspecified atom stereocenters. The normalized spacial score (nSPS) is 12.0. The van der Waals surface area contributed by atoms with Gasteiger partial charge in [0, 0.05) is 17.7 Å². The van der Waals surface area contributed by atoms with Crippen LogP contribution >= 0.6 is 0 Å². The van der Waals surface area contributed by atoms with E-state index in [1.807, 2.05) is 38.1 Å². The largest absolute Gasteiger partial charge is 0.346 e. The first kappa shape index (κ1) is 24.0. The van der Waals surface area contributed by atoms with E-state index in [4.69, 9.17) is 0 Å². The number of aryl methyl sites for hydroxylation is 1. The topological polar surface area (TPSA) is 104 Å². The van der Waals surface area contributed by atoms with Gasteiger partial charge in [0.05, 0.1) is 16.6 Å². The average molecular weight is 466 g/mol. The summed E-state index contributed by atoms with van der Waals surface area (Å²) in [5.74, 6) is -0.384. The Balaban J connectivity index is 1.65. The van der Waals surface area contributed by atoms with Gasteiger partial charge < -0.3 is 10.6 Å². The minimum atomic E-state index is -3.77. The average Bonchev–Trinajstić information content (AvgIpc) is 2.81. The van der Waals surface area contributed by atoms with E-state index in [9.17, 15) is 18.0 Å². The number of sulfonamides is 1. The van der Waals surface area contributed by atoms with Crippen molar-refractivity contribution in [2.75, 3.05) is 10.0 Å². The van der Waals surface area contributed by atoms with Gasteiger partial charge in [0.15, 0.2) is 0 Å². The van der Waals surface area contributed by atoms with E-state index < -0.39 is 10.0 Å². The fourth-order valence-corrected chi connectivity index (χ4v) is 4.28. The van der Waals surface area contributed by atoms with Crippen LogP contribution in [-0.4, -0.2) is 20.2 Å². The van der Waals surface area contributed by atoms with Gasteiger partial charge in [0.1, 0.15) is 0 Å². The van der Waals surface area contributed by atoms with E-state index in [2.05, 4.69) is 15.4 Å². The molecule has 0 saturated carbocycles. The Morgan fingerprint density at radius 3 is 2.15 bits per heavy atom. The Kier molecular flexibility index (Phi) is 7.50. The van der Waals surface area contributed by atoms with Crippen LogP contribution in [0.5, 0.6) is 0 Å². The smallest absolute Gasteiger partial charge is 0.261 e. The first-order chi connectivity index (χ1) is 15.7. The maximum Gasteiger partial charge on any atom is 0.261 e. The Bertz CT molecular complexity index is 1240. The zero-order valence-electron chi connectivity index (χ0n) is 18.8. The summed E-state index contributed by atoms with van der Waals surface area (Å²) in [5.41, 5.74) is 3.24. The molecule has 0 radical (unpaired) electrons. The number of carbonyl (C=O) groups is 2. The number of hydrogen-bond donors (Lipinski definition) is 3. The van der Waals surface area contributed by atoms with Crippen LogP contribution in [0.3, 0.4) is 0 Å². The summed E-state index contributed by atoms with van der Waals surface area (Å²) >= 11 is 0. The van der Waals surface area contributed by atoms with Crippen molar-refractivity contribution in [3.63, 3.8) is 0 Å². The van der Waals surface area contributed by atoms with Gasteiger partial charge in [-0.1, -0.05) is 37.3 Å². The molecule has 0 aromatic heterocycles. The first-order valence-electron chi connectivity index (χ1n) is 10.6. The highest BCUT2D eigenvalue weighted by Crippen LogP contribution is 2.20. The van der Waals surface area contributed by atoms with Crippen LogP contribution in [0.4, 0.5) is 11.4 Å². The van der Waals surface area contributed by atoms with Crippen LogP contribution in [0, 0.1) is 6.92 Å². The lowest BCUT2D eigenvalue weighted by molar-refractivity contribution is -0.115. The lowest BCUT2D eigenvalue weighted by Crippen LogP contribution is -2.26. The van der Waals surface area contributed by atoms with Crippen molar-refractivity contribution in [1.82, 2.24) is 5.32 Å². The van der Waals surface area contributed by atoms with Crippen LogP contribution in [0.15, 0.2) is 77.7 Å². The molecule has 0 aliphatic rings. The number of anilines is 2. The van der Waals surface area contributed by atoms with Crippen LogP contribution in [-0.2, 0) is 14.8 Å². The number of hydrogen-bond acceptors (Lipinski definition) is 4. The molecule has 0 heterocycles. The second kappa shape index (κ2) is 10.3. The quantitative estimate of drug-likeness (QED) is 0.451. The van der Waals surface area contributed by atoms with E-state index in [1.54, 1.807) is 31.2 Å². The van der Waals surface area contributed by atoms with Gasteiger partial charge in [0.25, 0.3) is 15.9 Å². The lowest BCUT2D eigenvalue weighted by Gasteiger charge is -2.15. The van der Waals surface area contributed by atoms with Crippen LogP contribution < -0.4 is 15.4 Å². The molecule has 3 N–H and O–H groups in total. The Hall–Kier alpha value is -3.65. The third-order valence-electron chi connectivity index (χ3n) is 5.18. The van der Waals surface area contributed by atoms with Crippen molar-refractivity contribution in [3.05, 3.63) is 89.5 Å². The molecule has 0 saturated heterocycles. The summed E-state index contributed by atoms with van der Waals surface area (Å²) in [5, 5.41) is 5.68. The van der Waals surface area contributed by atoms with Gasteiger partial charge in [-0.25, -0.2) is 8.42 Å². The Labute approximate surface area is 194 Å². The van der Waals surface area contributed by atoms with Crippen molar-refractivity contribution < 1.29 is 18.0 Å². The zero-order chi connectivity index (χ0) is 24.0. The molecule has 0 aliphatic carbocycles. The predicted octanol–water partition coefficient (Wildman–Crippen LogP) is 4.64. The molecule has 0 aliphatic heterocycles. The summed E-state index contributed by atoms with van der Waals surface area (Å²) in [7, 11) is -3.77. The summed E-state index contributed by atoms with van der Waals surface area (Å²) in [6.07, 6.45) is 0.399. The molecule has 0 bridgehead atoms. The second-order valence-corrected chi connectivity index (χ2v) is 9.35. The van der Waals surface area contributed by atoms with Crippen molar-refractivity contribution in [2.24, 2.45) is 0 Å². The SMILES string of the molecule is CCC(=O)Nc1ccc(C(C)NC(=O)c2ccc(S(=O)(=O)Nc3ccccc3C)cc2)cc1. The van der Waals surface area contributed by atoms with Gasteiger partial charge in [-0.3, -0.25) is 14.3 Å². The fourth-order valence-electron chi connectivity index (χ4n) is 3.14. The maximum atomic E-state index is 12.7. The minimum absolute atomic E-state index is 0.0661. The molecule has 33 heavy (non-hydrogen) atoms. The van der Waals surface area contributed by atoms with Gasteiger partial charge in [-0.05, 0) is 67.4 Å². The molecule has 0 fully saturated rings. The molecule has 7 nitrogen and oxygen atoms in total. The highest BCUT2D eigenvalue weighted by atomic mass is 32.2. The van der Waals surface area contributed by atoms with Crippen LogP contribution in [0.1, 0.15) is 47.8 Å². The van der Waals surface area contributed by atoms with Gasteiger partial charge in [0.2, 0.25) is 5.91 Å². The standard InChI is InChI=1S/C25H27N3O4S/c1-4-24(29)27-21-13-9-19(10-14-21)18(3)26-25(30)20-11-15-22(16-12-20)33(31,32)28-23-8-6-5-7-17(23)2/h5-16,18,28H,4H2,1-3H3,(H,26,30)(H,27,29). The first-order valence-corrected chi connectivity index (χ1v) is 12.1. The molecule has 0 spiro atoms. The number of nitrogens with one attached hydrogen (secondary N) is 3. The highest BCUT2D eigenvalue weighted by molar-refractivity contribution is 7.92. The zero-order valence-corrected chi connectivity index (χ0v) is 19.6. The van der Waals surface area contributed by atoms with E-state index >= 15 is 0 Å². The molecule has 172 valence electrons. The third-order valence-corrected chi connectivity index (χ3v) is 6.56. The monoisotopic (exact) mass is 465 g/mol. The van der Waals surface area contributed by atoms with Crippen molar-refractivity contribution in [2.45, 2.75) is 38.1 Å². The summed E-state index contributed by atoms with van der Waals surface area (Å²) in [4.78, 5) is 24.2. The van der Waals surface area contributed by atoms with Crippen LogP contribution in [0.2, 0.25) is 0 Å². The summed E-state index contributed by atoms with van der Waals surface area (Å²) in [6, 6.07) is 19.9.